The van der Waals surface area contributed by atoms with E-state index in [9.17, 15) is 12.9 Å². The van der Waals surface area contributed by atoms with Crippen LogP contribution in [0.3, 0.4) is 0 Å². The quantitative estimate of drug-likeness (QED) is 0.0969. The van der Waals surface area contributed by atoms with Gasteiger partial charge in [0.2, 0.25) is 0 Å². The van der Waals surface area contributed by atoms with Crippen molar-refractivity contribution < 1.29 is 35.0 Å². The van der Waals surface area contributed by atoms with Crippen LogP contribution in [0.25, 0.3) is 32.7 Å². The van der Waals surface area contributed by atoms with Crippen LogP contribution < -0.4 is 48.0 Å². The number of hydrogen-bond donors (Lipinski definition) is 2. The zero-order valence-corrected chi connectivity index (χ0v) is 37.6. The summed E-state index contributed by atoms with van der Waals surface area (Å²) in [6.45, 7) is 0. The summed E-state index contributed by atoms with van der Waals surface area (Å²) in [5.74, 6) is 0. The smallest absolute Gasteiger partial charge is 0.000884 e. The van der Waals surface area contributed by atoms with Crippen LogP contribution in [0.2, 0.25) is 0 Å². The number of halogens is 5. The summed E-state index contributed by atoms with van der Waals surface area (Å²) in [7, 11) is -0.802. The number of fused-ring (bicyclic) bond motifs is 2. The van der Waals surface area contributed by atoms with Crippen LogP contribution in [0.15, 0.2) is 194 Å². The third kappa shape index (κ3) is 12.2. The Morgan fingerprint density at radius 3 is 0.967 bits per heavy atom. The first-order chi connectivity index (χ1) is 29.4. The molecule has 0 radical (unpaired) electrons. The zero-order chi connectivity index (χ0) is 42.3. The van der Waals surface area contributed by atoms with E-state index in [1.165, 1.54) is 77.3 Å². The van der Waals surface area contributed by atoms with Crippen molar-refractivity contribution in [1.29, 1.82) is 0 Å². The molecule has 4 N–H and O–H groups in total. The third-order valence-corrected chi connectivity index (χ3v) is 15.4. The first-order valence-corrected chi connectivity index (χ1v) is 24.7. The minimum absolute atomic E-state index is 0. The van der Waals surface area contributed by atoms with Gasteiger partial charge >= 0.3 is 34.5 Å². The van der Waals surface area contributed by atoms with Crippen LogP contribution in [0, 0.1) is 0 Å². The van der Waals surface area contributed by atoms with Crippen molar-refractivity contribution in [1.82, 2.24) is 0 Å². The molecule has 0 aliphatic heterocycles. The molecule has 0 aromatic heterocycles. The van der Waals surface area contributed by atoms with E-state index in [4.69, 9.17) is 11.5 Å². The molecule has 1 aliphatic rings. The predicted octanol–water partition coefficient (Wildman–Crippen LogP) is 7.96. The van der Waals surface area contributed by atoms with Gasteiger partial charge in [0, 0.05) is 12.1 Å². The average molecular weight is 960 g/mol. The van der Waals surface area contributed by atoms with Crippen LogP contribution in [0.5, 0.6) is 0 Å². The van der Waals surface area contributed by atoms with E-state index in [0.717, 1.165) is 12.8 Å². The van der Waals surface area contributed by atoms with Crippen molar-refractivity contribution in [3.05, 3.63) is 194 Å². The first kappa shape index (κ1) is 47.8. The van der Waals surface area contributed by atoms with Gasteiger partial charge in [-0.1, -0.05) is 207 Å². The fourth-order valence-electron chi connectivity index (χ4n) is 7.77. The molecule has 2 unspecified atom stereocenters. The number of rotatable bonds is 7. The Bertz CT molecular complexity index is 2270. The molecule has 1 aliphatic carbocycles. The van der Waals surface area contributed by atoms with Gasteiger partial charge < -0.3 is 16.2 Å². The number of hydrogen-bond acceptors (Lipinski definition) is 2. The molecule has 0 heterocycles. The third-order valence-electron chi connectivity index (χ3n) is 10.5. The Morgan fingerprint density at radius 2 is 0.689 bits per heavy atom. The van der Waals surface area contributed by atoms with Gasteiger partial charge in [-0.25, -0.2) is 0 Å². The zero-order valence-electron chi connectivity index (χ0n) is 33.3. The fourth-order valence-corrected chi connectivity index (χ4v) is 12.7. The summed E-state index contributed by atoms with van der Waals surface area (Å²) < 4.78 is 29.0. The number of nitrogens with two attached hydrogens (primary N) is 2. The van der Waals surface area contributed by atoms with Gasteiger partial charge in [-0.2, -0.15) is 0 Å². The van der Waals surface area contributed by atoms with Gasteiger partial charge in [0.15, 0.2) is 0 Å². The molecular formula is C50H46BClF4N2P2Ru+. The van der Waals surface area contributed by atoms with Gasteiger partial charge in [-0.15, -0.1) is 0 Å². The SMILES string of the molecule is FB(F)F.NC1CCCCC1N.[Cl][Ru+2].[F-].c1ccc(P(c2ccccc2)c2ccc3ccccc3c2-c2c(P(c3ccccc3)c3ccccc3)ccc3ccccc23)cc1. The van der Waals surface area contributed by atoms with Gasteiger partial charge in [0.05, 0.1) is 0 Å². The Balaban J connectivity index is 0.000000407. The average Bonchev–Trinajstić information content (AvgIpc) is 3.30. The van der Waals surface area contributed by atoms with Crippen LogP contribution in [0.4, 0.5) is 12.9 Å². The van der Waals surface area contributed by atoms with Crippen LogP contribution in [-0.4, -0.2) is 19.6 Å². The fraction of sp³-hybridized carbons (Fsp3) is 0.120. The topological polar surface area (TPSA) is 52.0 Å². The minimum atomic E-state index is -3.67. The van der Waals surface area contributed by atoms with Gasteiger partial charge in [0.25, 0.3) is 0 Å². The van der Waals surface area contributed by atoms with Crippen molar-refractivity contribution in [2.75, 3.05) is 0 Å². The summed E-state index contributed by atoms with van der Waals surface area (Å²) >= 11 is 1.82. The summed E-state index contributed by atoms with van der Waals surface area (Å²) in [5.41, 5.74) is 14.0. The van der Waals surface area contributed by atoms with Crippen LogP contribution in [0.1, 0.15) is 25.7 Å². The van der Waals surface area contributed by atoms with E-state index in [-0.39, 0.29) is 16.8 Å². The molecule has 1 saturated carbocycles. The second-order valence-corrected chi connectivity index (χ2v) is 18.6. The molecule has 61 heavy (non-hydrogen) atoms. The molecule has 0 spiro atoms. The van der Waals surface area contributed by atoms with Crippen molar-refractivity contribution in [3.8, 4) is 11.1 Å². The van der Waals surface area contributed by atoms with Gasteiger partial charge in [-0.05, 0) is 93.2 Å². The summed E-state index contributed by atoms with van der Waals surface area (Å²) in [5, 5.41) is 13.3. The molecule has 9 rings (SSSR count). The maximum atomic E-state index is 9.67. The Morgan fingerprint density at radius 1 is 0.426 bits per heavy atom. The van der Waals surface area contributed by atoms with Gasteiger partial charge in [-0.3, -0.25) is 12.9 Å². The van der Waals surface area contributed by atoms with Crippen LogP contribution >= 0.6 is 25.5 Å². The van der Waals surface area contributed by atoms with Crippen LogP contribution in [-0.2, 0) is 17.3 Å². The molecule has 0 bridgehead atoms. The second-order valence-electron chi connectivity index (χ2n) is 14.2. The second kappa shape index (κ2) is 24.4. The molecule has 2 atom stereocenters. The molecule has 11 heteroatoms. The Kier molecular flexibility index (Phi) is 19.1. The molecule has 8 aromatic carbocycles. The Hall–Kier alpha value is -4.24. The van der Waals surface area contributed by atoms with Gasteiger partial charge in [0.1, 0.15) is 0 Å². The minimum Gasteiger partial charge on any atom is -1.00 e. The van der Waals surface area contributed by atoms with E-state index in [1.54, 1.807) is 0 Å². The molecule has 311 valence electrons. The predicted molar refractivity (Wildman–Crippen MR) is 254 cm³/mol. The standard InChI is InChI=1S/C44H32P2.C6H14N2.BF3.ClH.FH.Ru/c1-5-19-35(20-6-1)45(36-21-7-2-8-22-36)41-31-29-33-17-13-15-27-39(33)43(41)44-40-28-16-14-18-34(40)30-32-42(44)46(37-23-9-3-10-24-37)38-25-11-4-12-26-38;7-5-3-1-2-4-6(5)8;2-1(3)4;;;/h1-32H;5-6H,1-4,7-8H2;;2*1H;/q;;;;;+3/p-2. The first-order valence-electron chi connectivity index (χ1n) is 19.8. The molecular weight excluding hydrogens is 914 g/mol. The van der Waals surface area contributed by atoms with Crippen molar-refractivity contribution in [2.45, 2.75) is 37.8 Å². The van der Waals surface area contributed by atoms with E-state index in [2.05, 4.69) is 204 Å². The van der Waals surface area contributed by atoms with Crippen molar-refractivity contribution >= 4 is 86.5 Å². The normalized spacial score (nSPS) is 14.4. The molecule has 0 amide bonds. The van der Waals surface area contributed by atoms with Crippen molar-refractivity contribution in [3.63, 3.8) is 0 Å². The summed E-state index contributed by atoms with van der Waals surface area (Å²) in [6, 6.07) is 72.4. The molecule has 2 nitrogen and oxygen atoms in total. The van der Waals surface area contributed by atoms with E-state index >= 15 is 0 Å². The monoisotopic (exact) mass is 960 g/mol. The Labute approximate surface area is 373 Å². The van der Waals surface area contributed by atoms with E-state index < -0.39 is 23.4 Å². The molecule has 0 saturated heterocycles. The number of benzene rings is 8. The largest absolute Gasteiger partial charge is 1.00 e. The van der Waals surface area contributed by atoms with Crippen molar-refractivity contribution in [2.24, 2.45) is 11.5 Å². The maximum Gasteiger partial charge on any atom is -0.000884 e. The molecule has 8 aromatic rings. The van der Waals surface area contributed by atoms with E-state index in [0.29, 0.717) is 0 Å². The van der Waals surface area contributed by atoms with E-state index in [1.807, 2.05) is 17.3 Å². The summed E-state index contributed by atoms with van der Waals surface area (Å²) in [4.78, 5) is 0. The maximum absolute atomic E-state index is 9.67. The molecule has 1 fully saturated rings. The summed E-state index contributed by atoms with van der Waals surface area (Å²) in [6.07, 6.45) is 4.80.